The highest BCUT2D eigenvalue weighted by atomic mass is 19.1. The van der Waals surface area contributed by atoms with Crippen LogP contribution in [-0.2, 0) is 5.67 Å². The summed E-state index contributed by atoms with van der Waals surface area (Å²) in [6, 6.07) is 19.8. The molecule has 30 heavy (non-hydrogen) atoms. The summed E-state index contributed by atoms with van der Waals surface area (Å²) in [5.74, 6) is -0.265. The fraction of sp³-hybridized carbons (Fsp3) is 0.200. The van der Waals surface area contributed by atoms with Gasteiger partial charge in [0.05, 0.1) is 17.6 Å². The van der Waals surface area contributed by atoms with Gasteiger partial charge in [0.15, 0.2) is 11.1 Å². The molecule has 0 spiro atoms. The number of fused-ring (bicyclic) bond motifs is 2. The lowest BCUT2D eigenvalue weighted by Gasteiger charge is -2.22. The van der Waals surface area contributed by atoms with Gasteiger partial charge in [-0.1, -0.05) is 48.0 Å². The van der Waals surface area contributed by atoms with E-state index in [1.807, 2.05) is 43.3 Å². The summed E-state index contributed by atoms with van der Waals surface area (Å²) in [4.78, 5) is 31.0. The third kappa shape index (κ3) is 2.89. The molecule has 1 atom stereocenters. The normalized spacial score (nSPS) is 18.9. The molecule has 5 rings (SSSR count). The molecule has 1 fully saturated rings. The van der Waals surface area contributed by atoms with Gasteiger partial charge in [-0.3, -0.25) is 9.59 Å². The Morgan fingerprint density at radius 2 is 1.80 bits per heavy atom. The topological polar surface area (TPSA) is 53.2 Å². The van der Waals surface area contributed by atoms with Gasteiger partial charge in [0.1, 0.15) is 0 Å². The number of aromatic amines is 1. The second kappa shape index (κ2) is 6.80. The van der Waals surface area contributed by atoms with Crippen LogP contribution in [0.1, 0.15) is 27.9 Å². The Hall–Kier alpha value is -3.47. The van der Waals surface area contributed by atoms with Crippen LogP contribution in [0.4, 0.5) is 4.39 Å². The number of carbonyl (C=O) groups excluding carboxylic acids is 1. The van der Waals surface area contributed by atoms with E-state index in [4.69, 9.17) is 0 Å². The minimum absolute atomic E-state index is 0.00346. The van der Waals surface area contributed by atoms with E-state index in [2.05, 4.69) is 4.98 Å². The largest absolute Gasteiger partial charge is 0.354 e. The summed E-state index contributed by atoms with van der Waals surface area (Å²) in [5, 5.41) is 1.04. The van der Waals surface area contributed by atoms with Gasteiger partial charge in [0, 0.05) is 29.3 Å². The summed E-state index contributed by atoms with van der Waals surface area (Å²) in [5.41, 5.74) is 1.49. The number of hydrogen-bond donors (Lipinski definition) is 1. The molecule has 0 aliphatic carbocycles. The Balaban J connectivity index is 1.55. The van der Waals surface area contributed by atoms with Crippen molar-refractivity contribution in [2.75, 3.05) is 13.1 Å². The van der Waals surface area contributed by atoms with E-state index in [-0.39, 0.29) is 24.3 Å². The van der Waals surface area contributed by atoms with Crippen LogP contribution in [0.5, 0.6) is 0 Å². The van der Waals surface area contributed by atoms with Gasteiger partial charge in [-0.2, -0.15) is 0 Å². The number of pyridine rings is 1. The number of rotatable bonds is 2. The lowest BCUT2D eigenvalue weighted by Crippen LogP contribution is -2.32. The van der Waals surface area contributed by atoms with Crippen LogP contribution in [0.3, 0.4) is 0 Å². The van der Waals surface area contributed by atoms with Crippen molar-refractivity contribution in [1.82, 2.24) is 9.88 Å². The number of aromatic nitrogens is 1. The number of amides is 1. The molecular weight excluding hydrogens is 379 g/mol. The Labute approximate surface area is 173 Å². The predicted molar refractivity (Wildman–Crippen MR) is 117 cm³/mol. The van der Waals surface area contributed by atoms with Crippen molar-refractivity contribution in [2.45, 2.75) is 19.0 Å². The number of H-pyrrole nitrogens is 1. The molecule has 1 saturated heterocycles. The first-order valence-corrected chi connectivity index (χ1v) is 10.1. The van der Waals surface area contributed by atoms with Gasteiger partial charge in [-0.25, -0.2) is 4.39 Å². The lowest BCUT2D eigenvalue weighted by atomic mass is 9.94. The van der Waals surface area contributed by atoms with Gasteiger partial charge < -0.3 is 9.88 Å². The highest BCUT2D eigenvalue weighted by Crippen LogP contribution is 2.37. The molecule has 1 aliphatic rings. The van der Waals surface area contributed by atoms with Crippen LogP contribution in [0.25, 0.3) is 21.8 Å². The monoisotopic (exact) mass is 400 g/mol. The lowest BCUT2D eigenvalue weighted by molar-refractivity contribution is 0.0752. The molecule has 0 saturated carbocycles. The average Bonchev–Trinajstić information content (AvgIpc) is 3.17. The maximum Gasteiger partial charge on any atom is 0.256 e. The summed E-state index contributed by atoms with van der Waals surface area (Å²) >= 11 is 0. The summed E-state index contributed by atoms with van der Waals surface area (Å²) in [6.45, 7) is 2.27. The van der Waals surface area contributed by atoms with E-state index in [0.29, 0.717) is 39.5 Å². The van der Waals surface area contributed by atoms with Crippen LogP contribution >= 0.6 is 0 Å². The zero-order chi connectivity index (χ0) is 20.9. The molecule has 5 heteroatoms. The van der Waals surface area contributed by atoms with Crippen molar-refractivity contribution in [3.05, 3.63) is 93.6 Å². The summed E-state index contributed by atoms with van der Waals surface area (Å²) in [6.07, 6.45) is 0.256. The van der Waals surface area contributed by atoms with E-state index in [1.165, 1.54) is 0 Å². The van der Waals surface area contributed by atoms with Gasteiger partial charge in [0.2, 0.25) is 0 Å². The van der Waals surface area contributed by atoms with E-state index < -0.39 is 5.67 Å². The molecular formula is C25H21FN2O2. The van der Waals surface area contributed by atoms with Crippen molar-refractivity contribution in [3.63, 3.8) is 0 Å². The molecule has 4 nitrogen and oxygen atoms in total. The summed E-state index contributed by atoms with van der Waals surface area (Å²) in [7, 11) is 0. The van der Waals surface area contributed by atoms with Crippen LogP contribution in [0.15, 0.2) is 71.5 Å². The number of nitrogens with one attached hydrogen (secondary N) is 1. The average molecular weight is 400 g/mol. The molecule has 4 aromatic rings. The third-order valence-corrected chi connectivity index (χ3v) is 6.01. The molecule has 3 aromatic carbocycles. The van der Waals surface area contributed by atoms with E-state index in [9.17, 15) is 9.59 Å². The minimum atomic E-state index is -1.56. The quantitative estimate of drug-likeness (QED) is 0.496. The Bertz CT molecular complexity index is 1360. The zero-order valence-corrected chi connectivity index (χ0v) is 16.6. The zero-order valence-electron chi connectivity index (χ0n) is 16.6. The number of benzene rings is 3. The molecule has 0 bridgehead atoms. The maximum atomic E-state index is 15.7. The van der Waals surface area contributed by atoms with Crippen molar-refractivity contribution in [1.29, 1.82) is 0 Å². The Morgan fingerprint density at radius 3 is 2.63 bits per heavy atom. The SMILES string of the molecule is Cc1cccc(C2(F)CCN(C(=O)c3cccc4c(=O)c5ccccc5[nH]c34)C2)c1. The minimum Gasteiger partial charge on any atom is -0.354 e. The first-order chi connectivity index (χ1) is 14.5. The fourth-order valence-electron chi connectivity index (χ4n) is 4.40. The second-order valence-corrected chi connectivity index (χ2v) is 8.04. The standard InChI is InChI=1S/C25H21FN2O2/c1-16-6-4-7-17(14-16)25(26)12-13-28(15-25)24(30)20-10-5-9-19-22(20)27-21-11-3-2-8-18(21)23(19)29/h2-11,14H,12-13,15H2,1H3,(H,27,29). The number of nitrogens with zero attached hydrogens (tertiary/aromatic N) is 1. The molecule has 1 N–H and O–H groups in total. The van der Waals surface area contributed by atoms with E-state index in [0.717, 1.165) is 5.56 Å². The van der Waals surface area contributed by atoms with E-state index in [1.54, 1.807) is 35.2 Å². The number of halogens is 1. The van der Waals surface area contributed by atoms with Gasteiger partial charge >= 0.3 is 0 Å². The van der Waals surface area contributed by atoms with Crippen LogP contribution < -0.4 is 5.43 Å². The molecule has 1 amide bonds. The van der Waals surface area contributed by atoms with Crippen LogP contribution in [0.2, 0.25) is 0 Å². The molecule has 150 valence electrons. The van der Waals surface area contributed by atoms with E-state index >= 15 is 4.39 Å². The summed E-state index contributed by atoms with van der Waals surface area (Å²) < 4.78 is 15.7. The molecule has 0 radical (unpaired) electrons. The number of aryl methyl sites for hydroxylation is 1. The van der Waals surface area contributed by atoms with Crippen molar-refractivity contribution >= 4 is 27.7 Å². The number of carbonyl (C=O) groups is 1. The van der Waals surface area contributed by atoms with Crippen molar-refractivity contribution in [3.8, 4) is 0 Å². The number of likely N-dealkylation sites (tertiary alicyclic amines) is 1. The second-order valence-electron chi connectivity index (χ2n) is 8.04. The number of alkyl halides is 1. The molecule has 2 heterocycles. The Morgan fingerprint density at radius 1 is 1.03 bits per heavy atom. The van der Waals surface area contributed by atoms with Gasteiger partial charge in [-0.15, -0.1) is 0 Å². The van der Waals surface area contributed by atoms with Gasteiger partial charge in [-0.05, 0) is 36.8 Å². The molecule has 1 aliphatic heterocycles. The number of hydrogen-bond acceptors (Lipinski definition) is 2. The highest BCUT2D eigenvalue weighted by Gasteiger charge is 2.42. The molecule has 1 unspecified atom stereocenters. The van der Waals surface area contributed by atoms with Crippen LogP contribution in [-0.4, -0.2) is 28.9 Å². The Kier molecular flexibility index (Phi) is 4.21. The van der Waals surface area contributed by atoms with Crippen LogP contribution in [0, 0.1) is 6.92 Å². The third-order valence-electron chi connectivity index (χ3n) is 6.01. The number of para-hydroxylation sites is 2. The maximum absolute atomic E-state index is 15.7. The van der Waals surface area contributed by atoms with Crippen molar-refractivity contribution in [2.24, 2.45) is 0 Å². The predicted octanol–water partition coefficient (Wildman–Crippen LogP) is 4.70. The highest BCUT2D eigenvalue weighted by molar-refractivity contribution is 6.07. The molecule has 1 aromatic heterocycles. The van der Waals surface area contributed by atoms with Crippen molar-refractivity contribution < 1.29 is 9.18 Å². The fourth-order valence-corrected chi connectivity index (χ4v) is 4.40. The first kappa shape index (κ1) is 18.6. The van der Waals surface area contributed by atoms with Gasteiger partial charge in [0.25, 0.3) is 5.91 Å². The smallest absolute Gasteiger partial charge is 0.256 e. The first-order valence-electron chi connectivity index (χ1n) is 10.1.